The molecule has 1 saturated heterocycles. The van der Waals surface area contributed by atoms with Crippen molar-refractivity contribution in [1.29, 1.82) is 0 Å². The number of hydrogen-bond acceptors (Lipinski definition) is 8. The summed E-state index contributed by atoms with van der Waals surface area (Å²) in [5.74, 6) is 5.44. The van der Waals surface area contributed by atoms with E-state index in [-0.39, 0.29) is 5.75 Å². The molecule has 8 heteroatoms. The summed E-state index contributed by atoms with van der Waals surface area (Å²) in [5.41, 5.74) is 9.36. The molecule has 8 N–H and O–H groups in total. The molecule has 3 rings (SSSR count). The van der Waals surface area contributed by atoms with Crippen molar-refractivity contribution in [2.24, 2.45) is 11.6 Å². The Morgan fingerprint density at radius 2 is 2.04 bits per heavy atom. The van der Waals surface area contributed by atoms with E-state index in [1.807, 2.05) is 16.3 Å². The molecule has 0 bridgehead atoms. The summed E-state index contributed by atoms with van der Waals surface area (Å²) < 4.78 is 0. The lowest BCUT2D eigenvalue weighted by molar-refractivity contribution is -0.0794. The monoisotopic (exact) mass is 390 g/mol. The van der Waals surface area contributed by atoms with Crippen LogP contribution in [0.3, 0.4) is 0 Å². The topological polar surface area (TPSA) is 128 Å². The molecule has 7 nitrogen and oxygen atoms in total. The lowest BCUT2D eigenvalue weighted by Crippen LogP contribution is -2.44. The number of rotatable bonds is 6. The number of nitrogens with zero attached hydrogens (tertiary/aromatic N) is 1. The standard InChI is InChI=1S/C19H26N4O3S/c20-10-14(11-22-21)17-9-13(12-27-17)18(25)23-7-5-19(26,6-8-23)15-3-1-2-4-16(15)24/h1-4,9,11-12,18,22,24-26H,5-8,10,20-21H2/b14-11+. The zero-order valence-corrected chi connectivity index (χ0v) is 15.8. The summed E-state index contributed by atoms with van der Waals surface area (Å²) in [6.07, 6.45) is 1.76. The molecule has 1 aliphatic heterocycles. The lowest BCUT2D eigenvalue weighted by atomic mass is 9.83. The van der Waals surface area contributed by atoms with Crippen LogP contribution in [-0.2, 0) is 5.60 Å². The van der Waals surface area contributed by atoms with Crippen molar-refractivity contribution in [3.63, 3.8) is 0 Å². The van der Waals surface area contributed by atoms with Crippen molar-refractivity contribution in [3.8, 4) is 5.75 Å². The Morgan fingerprint density at radius 1 is 1.33 bits per heavy atom. The molecule has 27 heavy (non-hydrogen) atoms. The molecule has 0 radical (unpaired) electrons. The van der Waals surface area contributed by atoms with Crippen LogP contribution in [0.1, 0.15) is 35.1 Å². The molecule has 146 valence electrons. The fourth-order valence-electron chi connectivity index (χ4n) is 3.47. The van der Waals surface area contributed by atoms with Gasteiger partial charge in [0.25, 0.3) is 0 Å². The number of aromatic hydroxyl groups is 1. The first-order valence-electron chi connectivity index (χ1n) is 8.85. The third-order valence-electron chi connectivity index (χ3n) is 5.09. The van der Waals surface area contributed by atoms with Gasteiger partial charge in [0.15, 0.2) is 0 Å². The predicted octanol–water partition coefficient (Wildman–Crippen LogP) is 1.19. The van der Waals surface area contributed by atoms with Gasteiger partial charge in [-0.05, 0) is 35.9 Å². The van der Waals surface area contributed by atoms with E-state index in [0.717, 1.165) is 16.0 Å². The number of nitrogens with one attached hydrogen (secondary N) is 1. The van der Waals surface area contributed by atoms with Gasteiger partial charge in [-0.25, -0.2) is 0 Å². The molecule has 1 atom stereocenters. The van der Waals surface area contributed by atoms with Crippen molar-refractivity contribution in [1.82, 2.24) is 10.3 Å². The SMILES string of the molecule is NC/C(=C\NN)c1cc(C(O)N2CCC(O)(c3ccccc3O)CC2)cs1. The number of aliphatic hydroxyl groups is 2. The quantitative estimate of drug-likeness (QED) is 0.323. The van der Waals surface area contributed by atoms with Gasteiger partial charge in [0.05, 0.1) is 5.60 Å². The number of benzene rings is 1. The third-order valence-corrected chi connectivity index (χ3v) is 6.11. The molecule has 1 aromatic heterocycles. The van der Waals surface area contributed by atoms with E-state index in [4.69, 9.17) is 11.6 Å². The largest absolute Gasteiger partial charge is 0.508 e. The Balaban J connectivity index is 1.69. The maximum absolute atomic E-state index is 11.0. The Labute approximate surface area is 162 Å². The second kappa shape index (κ2) is 8.39. The summed E-state index contributed by atoms with van der Waals surface area (Å²) in [5, 5.41) is 33.7. The fraction of sp³-hybridized carbons (Fsp3) is 0.368. The molecular weight excluding hydrogens is 364 g/mol. The highest BCUT2D eigenvalue weighted by Crippen LogP contribution is 2.39. The van der Waals surface area contributed by atoms with Crippen LogP contribution in [-0.4, -0.2) is 39.9 Å². The van der Waals surface area contributed by atoms with Gasteiger partial charge in [0.1, 0.15) is 12.0 Å². The van der Waals surface area contributed by atoms with Gasteiger partial charge in [-0.2, -0.15) is 0 Å². The summed E-state index contributed by atoms with van der Waals surface area (Å²) >= 11 is 1.50. The maximum Gasteiger partial charge on any atom is 0.134 e. The van der Waals surface area contributed by atoms with E-state index in [2.05, 4.69) is 5.43 Å². The summed E-state index contributed by atoms with van der Waals surface area (Å²) in [7, 11) is 0. The van der Waals surface area contributed by atoms with Crippen LogP contribution >= 0.6 is 11.3 Å². The first-order valence-corrected chi connectivity index (χ1v) is 9.73. The number of phenols is 1. The number of aliphatic hydroxyl groups excluding tert-OH is 1. The fourth-order valence-corrected chi connectivity index (χ4v) is 4.42. The van der Waals surface area contributed by atoms with Crippen molar-refractivity contribution in [3.05, 3.63) is 57.9 Å². The van der Waals surface area contributed by atoms with Crippen LogP contribution in [0, 0.1) is 0 Å². The Morgan fingerprint density at radius 3 is 2.67 bits per heavy atom. The van der Waals surface area contributed by atoms with Gasteiger partial charge in [-0.15, -0.1) is 11.3 Å². The number of para-hydroxylation sites is 1. The molecule has 1 aliphatic rings. The van der Waals surface area contributed by atoms with Crippen LogP contribution < -0.4 is 17.0 Å². The van der Waals surface area contributed by atoms with Gasteiger partial charge < -0.3 is 26.5 Å². The van der Waals surface area contributed by atoms with Crippen LogP contribution in [0.2, 0.25) is 0 Å². The smallest absolute Gasteiger partial charge is 0.134 e. The van der Waals surface area contributed by atoms with Gasteiger partial charge in [0.2, 0.25) is 0 Å². The maximum atomic E-state index is 11.0. The van der Waals surface area contributed by atoms with Crippen molar-refractivity contribution in [2.75, 3.05) is 19.6 Å². The first kappa shape index (κ1) is 19.8. The minimum Gasteiger partial charge on any atom is -0.508 e. The highest BCUT2D eigenvalue weighted by atomic mass is 32.1. The highest BCUT2D eigenvalue weighted by molar-refractivity contribution is 7.11. The second-order valence-corrected chi connectivity index (χ2v) is 7.65. The zero-order valence-electron chi connectivity index (χ0n) is 15.0. The molecule has 0 spiro atoms. The van der Waals surface area contributed by atoms with Crippen molar-refractivity contribution < 1.29 is 15.3 Å². The van der Waals surface area contributed by atoms with E-state index in [9.17, 15) is 15.3 Å². The van der Waals surface area contributed by atoms with Crippen LogP contribution in [0.25, 0.3) is 5.57 Å². The van der Waals surface area contributed by atoms with Crippen LogP contribution in [0.5, 0.6) is 5.75 Å². The molecule has 1 aromatic carbocycles. The first-order chi connectivity index (χ1) is 13.0. The Kier molecular flexibility index (Phi) is 6.15. The number of hydrogen-bond donors (Lipinski definition) is 6. The number of nitrogens with two attached hydrogens (primary N) is 2. The normalized spacial score (nSPS) is 19.0. The molecule has 2 aromatic rings. The average Bonchev–Trinajstić information content (AvgIpc) is 3.16. The second-order valence-electron chi connectivity index (χ2n) is 6.74. The summed E-state index contributed by atoms with van der Waals surface area (Å²) in [6.45, 7) is 1.37. The van der Waals surface area contributed by atoms with Crippen LogP contribution in [0.15, 0.2) is 41.9 Å². The molecular formula is C19H26N4O3S. The molecule has 0 saturated carbocycles. The molecule has 1 fully saturated rings. The van der Waals surface area contributed by atoms with Crippen LogP contribution in [0.4, 0.5) is 0 Å². The summed E-state index contributed by atoms with van der Waals surface area (Å²) in [6, 6.07) is 8.79. The van der Waals surface area contributed by atoms with E-state index in [0.29, 0.717) is 38.0 Å². The number of hydrazine groups is 1. The molecule has 0 aliphatic carbocycles. The zero-order chi connectivity index (χ0) is 19.4. The van der Waals surface area contributed by atoms with E-state index >= 15 is 0 Å². The van der Waals surface area contributed by atoms with Gasteiger partial charge in [-0.1, -0.05) is 18.2 Å². The minimum atomic E-state index is -1.08. The number of thiophene rings is 1. The van der Waals surface area contributed by atoms with E-state index in [1.165, 1.54) is 11.3 Å². The summed E-state index contributed by atoms with van der Waals surface area (Å²) in [4.78, 5) is 2.88. The van der Waals surface area contributed by atoms with E-state index < -0.39 is 11.8 Å². The van der Waals surface area contributed by atoms with Gasteiger partial charge in [-0.3, -0.25) is 10.7 Å². The third kappa shape index (κ3) is 4.16. The van der Waals surface area contributed by atoms with E-state index in [1.54, 1.807) is 30.5 Å². The van der Waals surface area contributed by atoms with Gasteiger partial charge in [0, 0.05) is 41.8 Å². The molecule has 1 unspecified atom stereocenters. The Bertz CT molecular complexity index is 800. The Hall–Kier alpha value is -1.94. The minimum absolute atomic E-state index is 0.103. The lowest BCUT2D eigenvalue weighted by Gasteiger charge is -2.40. The van der Waals surface area contributed by atoms with Crippen molar-refractivity contribution >= 4 is 16.9 Å². The molecule has 0 amide bonds. The number of likely N-dealkylation sites (tertiary alicyclic amines) is 1. The number of phenolic OH excluding ortho intramolecular Hbond substituents is 1. The highest BCUT2D eigenvalue weighted by Gasteiger charge is 2.37. The molecule has 2 heterocycles. The average molecular weight is 391 g/mol. The van der Waals surface area contributed by atoms with Gasteiger partial charge >= 0.3 is 0 Å². The van der Waals surface area contributed by atoms with Crippen molar-refractivity contribution in [2.45, 2.75) is 24.7 Å². The predicted molar refractivity (Wildman–Crippen MR) is 106 cm³/mol. The number of piperidine rings is 1.